The minimum Gasteiger partial charge on any atom is -0.457 e. The van der Waals surface area contributed by atoms with Gasteiger partial charge in [0.15, 0.2) is 12.4 Å². The second kappa shape index (κ2) is 10.5. The first-order valence-electron chi connectivity index (χ1n) is 10.6. The highest BCUT2D eigenvalue weighted by Gasteiger charge is 2.36. The molecule has 0 spiro atoms. The molecule has 4 rings (SSSR count). The molecule has 1 unspecified atom stereocenters. The molecule has 35 heavy (non-hydrogen) atoms. The normalized spacial score (nSPS) is 14.9. The smallest absolute Gasteiger partial charge is 0.379 e. The molecule has 10 nitrogen and oxygen atoms in total. The largest absolute Gasteiger partial charge is 0.457 e. The van der Waals surface area contributed by atoms with E-state index < -0.39 is 42.1 Å². The number of carbonyl (C=O) groups is 5. The molecule has 1 aromatic heterocycles. The Morgan fingerprint density at radius 3 is 2.37 bits per heavy atom. The monoisotopic (exact) mass is 476 g/mol. The molecule has 1 fully saturated rings. The second-order valence-electron chi connectivity index (χ2n) is 7.63. The van der Waals surface area contributed by atoms with E-state index >= 15 is 0 Å². The van der Waals surface area contributed by atoms with Gasteiger partial charge in [-0.1, -0.05) is 18.2 Å². The van der Waals surface area contributed by atoms with Crippen LogP contribution in [0.1, 0.15) is 37.7 Å². The Kier molecular flexibility index (Phi) is 7.01. The zero-order valence-corrected chi connectivity index (χ0v) is 18.3. The highest BCUT2D eigenvalue weighted by Crippen LogP contribution is 2.19. The third-order valence-corrected chi connectivity index (χ3v) is 5.19. The van der Waals surface area contributed by atoms with Gasteiger partial charge >= 0.3 is 11.9 Å². The molecule has 1 aliphatic rings. The number of carbonyl (C=O) groups excluding carboxylic acids is 5. The van der Waals surface area contributed by atoms with Gasteiger partial charge in [-0.05, 0) is 48.5 Å². The van der Waals surface area contributed by atoms with Crippen molar-refractivity contribution >= 4 is 29.5 Å². The summed E-state index contributed by atoms with van der Waals surface area (Å²) in [6, 6.07) is 17.1. The lowest BCUT2D eigenvalue weighted by molar-refractivity contribution is -0.147. The first-order valence-corrected chi connectivity index (χ1v) is 10.6. The van der Waals surface area contributed by atoms with Crippen molar-refractivity contribution in [2.24, 2.45) is 5.92 Å². The molecule has 0 bridgehead atoms. The Bertz CT molecular complexity index is 1240. The topological polar surface area (TPSA) is 132 Å². The number of benzene rings is 2. The first kappa shape index (κ1) is 23.4. The third kappa shape index (κ3) is 5.80. The molecule has 2 aromatic carbocycles. The average molecular weight is 476 g/mol. The predicted octanol–water partition coefficient (Wildman–Crippen LogP) is 2.42. The molecule has 1 aliphatic heterocycles. The van der Waals surface area contributed by atoms with Crippen LogP contribution in [-0.4, -0.2) is 47.7 Å². The van der Waals surface area contributed by atoms with Crippen molar-refractivity contribution in [2.75, 3.05) is 13.2 Å². The number of esters is 2. The first-order chi connectivity index (χ1) is 16.9. The van der Waals surface area contributed by atoms with Gasteiger partial charge < -0.3 is 13.9 Å². The Labute approximate surface area is 199 Å². The van der Waals surface area contributed by atoms with Crippen LogP contribution in [0.3, 0.4) is 0 Å². The second-order valence-corrected chi connectivity index (χ2v) is 7.63. The van der Waals surface area contributed by atoms with Crippen molar-refractivity contribution < 1.29 is 37.9 Å². The number of furan rings is 1. The average Bonchev–Trinajstić information content (AvgIpc) is 3.54. The number of Topliss-reactive ketones (excluding diaryl/α,β-unsaturated/α-hetero) is 1. The quantitative estimate of drug-likeness (QED) is 0.298. The fourth-order valence-electron chi connectivity index (χ4n) is 3.35. The van der Waals surface area contributed by atoms with Crippen LogP contribution in [0.25, 0.3) is 0 Å². The zero-order chi connectivity index (χ0) is 24.8. The van der Waals surface area contributed by atoms with E-state index in [1.807, 2.05) is 0 Å². The number of nitrogens with one attached hydrogen (secondary N) is 1. The van der Waals surface area contributed by atoms with Crippen LogP contribution in [-0.2, 0) is 14.3 Å². The van der Waals surface area contributed by atoms with Crippen molar-refractivity contribution in [3.05, 3.63) is 89.9 Å². The van der Waals surface area contributed by atoms with E-state index in [2.05, 4.69) is 5.43 Å². The Morgan fingerprint density at radius 1 is 0.943 bits per heavy atom. The van der Waals surface area contributed by atoms with Gasteiger partial charge in [0.2, 0.25) is 11.7 Å². The van der Waals surface area contributed by atoms with Crippen molar-refractivity contribution in [3.63, 3.8) is 0 Å². The summed E-state index contributed by atoms with van der Waals surface area (Å²) in [4.78, 5) is 61.1. The van der Waals surface area contributed by atoms with Gasteiger partial charge in [-0.2, -0.15) is 0 Å². The molecule has 0 saturated carbocycles. The summed E-state index contributed by atoms with van der Waals surface area (Å²) in [5, 5.41) is 1.08. The Balaban J connectivity index is 1.25. The Hall–Kier alpha value is -4.73. The fourth-order valence-corrected chi connectivity index (χ4v) is 3.35. The maximum absolute atomic E-state index is 12.4. The summed E-state index contributed by atoms with van der Waals surface area (Å²) in [6.45, 7) is -0.578. The molecular weight excluding hydrogens is 456 g/mol. The molecule has 0 radical (unpaired) electrons. The SMILES string of the molecule is O=C(COC(=O)C1CC(=O)N(NC(=O)c2ccccc2)C1)c1ccc(OC(=O)c2ccco2)cc1. The summed E-state index contributed by atoms with van der Waals surface area (Å²) >= 11 is 0. The molecule has 1 saturated heterocycles. The molecule has 178 valence electrons. The lowest BCUT2D eigenvalue weighted by Gasteiger charge is -2.17. The van der Waals surface area contributed by atoms with Gasteiger partial charge in [-0.25, -0.2) is 4.79 Å². The molecular formula is C25H20N2O8. The van der Waals surface area contributed by atoms with E-state index in [-0.39, 0.29) is 30.0 Å². The summed E-state index contributed by atoms with van der Waals surface area (Å²) in [5.74, 6) is -3.32. The van der Waals surface area contributed by atoms with Gasteiger partial charge in [0.25, 0.3) is 5.91 Å². The number of hydrogen-bond acceptors (Lipinski definition) is 8. The van der Waals surface area contributed by atoms with Crippen LogP contribution in [0.15, 0.2) is 77.4 Å². The highest BCUT2D eigenvalue weighted by atomic mass is 16.5. The van der Waals surface area contributed by atoms with Crippen LogP contribution in [0.4, 0.5) is 0 Å². The maximum Gasteiger partial charge on any atom is 0.379 e. The van der Waals surface area contributed by atoms with Crippen LogP contribution in [0.2, 0.25) is 0 Å². The number of nitrogens with zero attached hydrogens (tertiary/aromatic N) is 1. The van der Waals surface area contributed by atoms with E-state index in [1.54, 1.807) is 36.4 Å². The highest BCUT2D eigenvalue weighted by molar-refractivity contribution is 5.99. The minimum atomic E-state index is -0.810. The number of ether oxygens (including phenoxy) is 2. The van der Waals surface area contributed by atoms with Gasteiger partial charge in [0.1, 0.15) is 5.75 Å². The maximum atomic E-state index is 12.4. The number of ketones is 1. The van der Waals surface area contributed by atoms with Crippen molar-refractivity contribution in [1.82, 2.24) is 10.4 Å². The van der Waals surface area contributed by atoms with E-state index in [0.29, 0.717) is 5.56 Å². The number of hydrogen-bond donors (Lipinski definition) is 1. The number of hydrazine groups is 1. The van der Waals surface area contributed by atoms with Gasteiger partial charge in [0, 0.05) is 17.5 Å². The zero-order valence-electron chi connectivity index (χ0n) is 18.3. The number of rotatable bonds is 8. The molecule has 1 atom stereocenters. The standard InChI is InChI=1S/C25H20N2O8/c28-20(16-8-10-19(11-9-16)35-25(32)21-7-4-12-33-21)15-34-24(31)18-13-22(29)27(14-18)26-23(30)17-5-2-1-3-6-17/h1-12,18H,13-15H2,(H,26,30). The molecule has 1 N–H and O–H groups in total. The summed E-state index contributed by atoms with van der Waals surface area (Å²) < 4.78 is 15.2. The Morgan fingerprint density at radius 2 is 1.69 bits per heavy atom. The number of amides is 2. The summed E-state index contributed by atoms with van der Waals surface area (Å²) in [6.07, 6.45) is 1.21. The third-order valence-electron chi connectivity index (χ3n) is 5.19. The lowest BCUT2D eigenvalue weighted by Crippen LogP contribution is -2.43. The summed E-state index contributed by atoms with van der Waals surface area (Å²) in [7, 11) is 0. The summed E-state index contributed by atoms with van der Waals surface area (Å²) in [5.41, 5.74) is 3.10. The van der Waals surface area contributed by atoms with E-state index in [9.17, 15) is 24.0 Å². The molecule has 3 aromatic rings. The van der Waals surface area contributed by atoms with Crippen molar-refractivity contribution in [2.45, 2.75) is 6.42 Å². The van der Waals surface area contributed by atoms with Crippen molar-refractivity contribution in [1.29, 1.82) is 0 Å². The molecule has 2 amide bonds. The van der Waals surface area contributed by atoms with E-state index in [4.69, 9.17) is 13.9 Å². The fraction of sp³-hybridized carbons (Fsp3) is 0.160. The van der Waals surface area contributed by atoms with Crippen LogP contribution in [0, 0.1) is 5.92 Å². The molecule has 10 heteroatoms. The van der Waals surface area contributed by atoms with Crippen LogP contribution < -0.4 is 10.2 Å². The molecule has 2 heterocycles. The minimum absolute atomic E-state index is 0.0423. The predicted molar refractivity (Wildman–Crippen MR) is 119 cm³/mol. The van der Waals surface area contributed by atoms with Gasteiger partial charge in [-0.3, -0.25) is 29.6 Å². The van der Waals surface area contributed by atoms with Gasteiger partial charge in [-0.15, -0.1) is 0 Å². The van der Waals surface area contributed by atoms with E-state index in [1.165, 1.54) is 36.6 Å². The van der Waals surface area contributed by atoms with Crippen LogP contribution in [0.5, 0.6) is 5.75 Å². The lowest BCUT2D eigenvalue weighted by atomic mass is 10.1. The molecule has 0 aliphatic carbocycles. The van der Waals surface area contributed by atoms with E-state index in [0.717, 1.165) is 5.01 Å². The van der Waals surface area contributed by atoms with Crippen molar-refractivity contribution in [3.8, 4) is 5.75 Å². The van der Waals surface area contributed by atoms with Crippen LogP contribution >= 0.6 is 0 Å². The van der Waals surface area contributed by atoms with Gasteiger partial charge in [0.05, 0.1) is 18.7 Å².